The minimum Gasteiger partial charge on any atom is -0.396 e. The highest BCUT2D eigenvalue weighted by Crippen LogP contribution is 2.49. The number of aryl methyl sites for hydroxylation is 1. The molecule has 156 valence electrons. The lowest BCUT2D eigenvalue weighted by Gasteiger charge is -2.40. The first-order valence-corrected chi connectivity index (χ1v) is 11.3. The van der Waals surface area contributed by atoms with Gasteiger partial charge in [0.15, 0.2) is 5.78 Å². The molecule has 0 radical (unpaired) electrons. The number of thiophene rings is 1. The van der Waals surface area contributed by atoms with Crippen LogP contribution >= 0.6 is 11.3 Å². The predicted molar refractivity (Wildman–Crippen MR) is 112 cm³/mol. The highest BCUT2D eigenvalue weighted by molar-refractivity contribution is 7.07. The van der Waals surface area contributed by atoms with Crippen molar-refractivity contribution in [1.82, 2.24) is 14.4 Å². The summed E-state index contributed by atoms with van der Waals surface area (Å²) < 4.78 is 8.66. The number of morpholine rings is 1. The Morgan fingerprint density at radius 2 is 2.10 bits per heavy atom. The van der Waals surface area contributed by atoms with Crippen molar-refractivity contribution in [2.75, 3.05) is 32.8 Å². The topological polar surface area (TPSA) is 57.9 Å². The van der Waals surface area contributed by atoms with Crippen LogP contribution in [0, 0.1) is 11.8 Å². The number of aliphatic hydroxyl groups excluding tert-OH is 1. The number of carbonyl (C=O) groups excluding carboxylic acids is 1. The number of aliphatic hydroxyl groups is 1. The van der Waals surface area contributed by atoms with Crippen LogP contribution in [-0.4, -0.2) is 69.7 Å². The molecule has 7 heteroatoms. The molecule has 0 aliphatic carbocycles. The van der Waals surface area contributed by atoms with Crippen molar-refractivity contribution in [1.29, 1.82) is 0 Å². The Hall–Kier alpha value is -1.51. The molecule has 2 aromatic rings. The molecule has 3 aliphatic heterocycles. The summed E-state index contributed by atoms with van der Waals surface area (Å²) in [5.74, 6) is 0.665. The highest BCUT2D eigenvalue weighted by Gasteiger charge is 2.62. The van der Waals surface area contributed by atoms with Crippen LogP contribution in [0.2, 0.25) is 0 Å². The van der Waals surface area contributed by atoms with E-state index in [1.165, 1.54) is 5.56 Å². The number of hydrogen-bond donors (Lipinski definition) is 1. The number of nitrogens with zero attached hydrogens (tertiary/aromatic N) is 3. The molecule has 4 atom stereocenters. The van der Waals surface area contributed by atoms with E-state index in [0.717, 1.165) is 50.5 Å². The second kappa shape index (κ2) is 7.32. The summed E-state index contributed by atoms with van der Waals surface area (Å²) in [7, 11) is 2.00. The number of fused-ring (bicyclic) bond motifs is 1. The van der Waals surface area contributed by atoms with Gasteiger partial charge in [-0.3, -0.25) is 14.6 Å². The molecule has 0 aromatic carbocycles. The third-order valence-corrected chi connectivity index (χ3v) is 7.76. The van der Waals surface area contributed by atoms with Gasteiger partial charge in [-0.15, -0.1) is 0 Å². The Bertz CT molecular complexity index is 895. The molecule has 3 saturated heterocycles. The average Bonchev–Trinajstić information content (AvgIpc) is 3.40. The maximum absolute atomic E-state index is 11.7. The first-order valence-electron chi connectivity index (χ1n) is 10.4. The van der Waals surface area contributed by atoms with Gasteiger partial charge in [0.1, 0.15) is 0 Å². The molecule has 3 aliphatic rings. The van der Waals surface area contributed by atoms with Gasteiger partial charge in [0, 0.05) is 82.2 Å². The second-order valence-corrected chi connectivity index (χ2v) is 9.81. The molecular weight excluding hydrogens is 386 g/mol. The molecule has 6 nitrogen and oxygen atoms in total. The van der Waals surface area contributed by atoms with Crippen LogP contribution in [0.3, 0.4) is 0 Å². The molecule has 2 aromatic heterocycles. The molecule has 2 bridgehead atoms. The van der Waals surface area contributed by atoms with Crippen molar-refractivity contribution in [3.8, 4) is 0 Å². The van der Waals surface area contributed by atoms with Crippen molar-refractivity contribution in [3.05, 3.63) is 45.9 Å². The van der Waals surface area contributed by atoms with E-state index < -0.39 is 0 Å². The summed E-state index contributed by atoms with van der Waals surface area (Å²) in [5.41, 5.74) is 3.08. The Morgan fingerprint density at radius 1 is 1.31 bits per heavy atom. The van der Waals surface area contributed by atoms with Crippen LogP contribution < -0.4 is 0 Å². The van der Waals surface area contributed by atoms with E-state index in [1.807, 2.05) is 19.3 Å². The predicted octanol–water partition coefficient (Wildman–Crippen LogP) is 1.98. The third kappa shape index (κ3) is 3.39. The van der Waals surface area contributed by atoms with E-state index in [0.29, 0.717) is 5.92 Å². The molecule has 29 heavy (non-hydrogen) atoms. The van der Waals surface area contributed by atoms with Crippen LogP contribution in [-0.2, 0) is 24.9 Å². The summed E-state index contributed by atoms with van der Waals surface area (Å²) >= 11 is 1.74. The number of carbonyl (C=O) groups is 1. The summed E-state index contributed by atoms with van der Waals surface area (Å²) in [6.45, 7) is 7.20. The summed E-state index contributed by atoms with van der Waals surface area (Å²) in [6.07, 6.45) is 2.04. The lowest BCUT2D eigenvalue weighted by molar-refractivity contribution is -0.120. The fourth-order valence-electron chi connectivity index (χ4n) is 5.69. The number of Topliss-reactive ketones (excluding diaryl/α,β-unsaturated/α-hetero) is 1. The fraction of sp³-hybridized carbons (Fsp3) is 0.591. The van der Waals surface area contributed by atoms with Crippen molar-refractivity contribution in [2.45, 2.75) is 31.7 Å². The van der Waals surface area contributed by atoms with E-state index in [2.05, 4.69) is 31.2 Å². The van der Waals surface area contributed by atoms with E-state index in [4.69, 9.17) is 4.74 Å². The Kier molecular flexibility index (Phi) is 4.91. The van der Waals surface area contributed by atoms with Gasteiger partial charge in [-0.05, 0) is 35.4 Å². The van der Waals surface area contributed by atoms with Crippen LogP contribution in [0.5, 0.6) is 0 Å². The van der Waals surface area contributed by atoms with Gasteiger partial charge in [-0.1, -0.05) is 0 Å². The minimum atomic E-state index is -0.194. The van der Waals surface area contributed by atoms with Gasteiger partial charge in [-0.25, -0.2) is 0 Å². The molecule has 0 saturated carbocycles. The highest BCUT2D eigenvalue weighted by atomic mass is 32.1. The van der Waals surface area contributed by atoms with E-state index in [-0.39, 0.29) is 30.0 Å². The zero-order valence-electron chi connectivity index (χ0n) is 17.1. The SMILES string of the molecule is CC(=O)c1cc(CN2C[C@@H]3[C@H](CO)[C@H]4CN(Cc5ccsc5)C[C@]3(C2)O4)n(C)c1. The molecule has 1 spiro atoms. The largest absolute Gasteiger partial charge is 0.396 e. The number of likely N-dealkylation sites (tertiary alicyclic amines) is 2. The molecular formula is C22H29N3O3S. The molecule has 5 heterocycles. The van der Waals surface area contributed by atoms with Gasteiger partial charge in [0.05, 0.1) is 11.7 Å². The third-order valence-electron chi connectivity index (χ3n) is 7.03. The molecule has 5 rings (SSSR count). The van der Waals surface area contributed by atoms with E-state index in [1.54, 1.807) is 18.3 Å². The molecule has 3 fully saturated rings. The Morgan fingerprint density at radius 3 is 2.76 bits per heavy atom. The second-order valence-electron chi connectivity index (χ2n) is 9.03. The number of rotatable bonds is 6. The average molecular weight is 416 g/mol. The summed E-state index contributed by atoms with van der Waals surface area (Å²) in [5, 5.41) is 14.5. The number of ether oxygens (including phenoxy) is 1. The molecule has 0 unspecified atom stereocenters. The maximum Gasteiger partial charge on any atom is 0.161 e. The van der Waals surface area contributed by atoms with Crippen LogP contribution in [0.4, 0.5) is 0 Å². The number of ketones is 1. The van der Waals surface area contributed by atoms with Crippen molar-refractivity contribution in [2.24, 2.45) is 18.9 Å². The van der Waals surface area contributed by atoms with Crippen LogP contribution in [0.1, 0.15) is 28.5 Å². The Labute approximate surface area is 175 Å². The summed E-state index contributed by atoms with van der Waals surface area (Å²) in [4.78, 5) is 16.7. The van der Waals surface area contributed by atoms with Crippen molar-refractivity contribution >= 4 is 17.1 Å². The lowest BCUT2D eigenvalue weighted by atomic mass is 9.83. The lowest BCUT2D eigenvalue weighted by Crippen LogP contribution is -2.53. The monoisotopic (exact) mass is 415 g/mol. The number of aromatic nitrogens is 1. The summed E-state index contributed by atoms with van der Waals surface area (Å²) in [6, 6.07) is 4.20. The van der Waals surface area contributed by atoms with Crippen molar-refractivity contribution in [3.63, 3.8) is 0 Å². The van der Waals surface area contributed by atoms with Gasteiger partial charge in [-0.2, -0.15) is 11.3 Å². The standard InChI is InChI=1S/C22H29N3O3S/c1-15(27)17-5-18(23(2)7-17)8-25-9-20-19(11-26)21-10-24(6-16-3-4-29-12-16)13-22(20,14-25)28-21/h3-5,7,12,19-21,26H,6,8-11,13-14H2,1-2H3/t19-,20+,21+,22+/m0/s1. The maximum atomic E-state index is 11.7. The zero-order valence-corrected chi connectivity index (χ0v) is 17.9. The van der Waals surface area contributed by atoms with E-state index in [9.17, 15) is 9.90 Å². The normalized spacial score (nSPS) is 32.0. The Balaban J connectivity index is 1.34. The first kappa shape index (κ1) is 19.5. The van der Waals surface area contributed by atoms with Gasteiger partial charge in [0.2, 0.25) is 0 Å². The zero-order chi connectivity index (χ0) is 20.2. The molecule has 1 N–H and O–H groups in total. The van der Waals surface area contributed by atoms with Crippen LogP contribution in [0.25, 0.3) is 0 Å². The van der Waals surface area contributed by atoms with Crippen molar-refractivity contribution < 1.29 is 14.6 Å². The van der Waals surface area contributed by atoms with Gasteiger partial charge < -0.3 is 14.4 Å². The first-order chi connectivity index (χ1) is 14.0. The van der Waals surface area contributed by atoms with Crippen LogP contribution in [0.15, 0.2) is 29.1 Å². The molecule has 0 amide bonds. The van der Waals surface area contributed by atoms with E-state index >= 15 is 0 Å². The quantitative estimate of drug-likeness (QED) is 0.732. The smallest absolute Gasteiger partial charge is 0.161 e. The minimum absolute atomic E-state index is 0.103. The number of hydrogen-bond acceptors (Lipinski definition) is 6. The van der Waals surface area contributed by atoms with Gasteiger partial charge >= 0.3 is 0 Å². The van der Waals surface area contributed by atoms with Gasteiger partial charge in [0.25, 0.3) is 0 Å². The fourth-order valence-corrected chi connectivity index (χ4v) is 6.35.